The monoisotopic (exact) mass is 437 g/mol. The SMILES string of the molecule is C=C1NN(c2nc(-c3ccc(Cl)cc3)cs2)C(=O)/C1=N\Nc1cccc(C(C)=O)c1. The number of hydrazone groups is 1. The molecule has 3 aromatic rings. The number of aromatic nitrogens is 1. The minimum atomic E-state index is -0.382. The van der Waals surface area contributed by atoms with Gasteiger partial charge in [0.1, 0.15) is 0 Å². The molecule has 0 unspecified atom stereocenters. The molecule has 2 heterocycles. The Labute approximate surface area is 181 Å². The van der Waals surface area contributed by atoms with Crippen LogP contribution < -0.4 is 15.9 Å². The van der Waals surface area contributed by atoms with Gasteiger partial charge < -0.3 is 0 Å². The molecular formula is C21H16ClN5O2S. The topological polar surface area (TPSA) is 86.7 Å². The van der Waals surface area contributed by atoms with Gasteiger partial charge >= 0.3 is 5.91 Å². The lowest BCUT2D eigenvalue weighted by molar-refractivity contribution is -0.112. The maximum Gasteiger partial charge on any atom is 0.301 e. The summed E-state index contributed by atoms with van der Waals surface area (Å²) in [5, 5.41) is 8.44. The summed E-state index contributed by atoms with van der Waals surface area (Å²) in [6.07, 6.45) is 0. The van der Waals surface area contributed by atoms with Crippen molar-refractivity contribution in [2.24, 2.45) is 5.10 Å². The number of ketones is 1. The van der Waals surface area contributed by atoms with Crippen LogP contribution in [0.25, 0.3) is 11.3 Å². The van der Waals surface area contributed by atoms with Gasteiger partial charge in [0.15, 0.2) is 11.5 Å². The van der Waals surface area contributed by atoms with E-state index < -0.39 is 0 Å². The van der Waals surface area contributed by atoms with E-state index in [2.05, 4.69) is 27.5 Å². The number of nitrogens with one attached hydrogen (secondary N) is 2. The zero-order valence-corrected chi connectivity index (χ0v) is 17.4. The molecule has 1 saturated heterocycles. The Hall–Kier alpha value is -3.49. The fourth-order valence-electron chi connectivity index (χ4n) is 2.77. The van der Waals surface area contributed by atoms with Crippen LogP contribution in [0.15, 0.2) is 71.3 Å². The lowest BCUT2D eigenvalue weighted by Gasteiger charge is -2.10. The fourth-order valence-corrected chi connectivity index (χ4v) is 3.69. The van der Waals surface area contributed by atoms with E-state index in [4.69, 9.17) is 11.6 Å². The van der Waals surface area contributed by atoms with Gasteiger partial charge in [-0.15, -0.1) is 11.3 Å². The van der Waals surface area contributed by atoms with Gasteiger partial charge in [0.05, 0.1) is 17.1 Å². The summed E-state index contributed by atoms with van der Waals surface area (Å²) < 4.78 is 0. The highest BCUT2D eigenvalue weighted by molar-refractivity contribution is 7.14. The molecule has 0 radical (unpaired) electrons. The molecule has 2 aromatic carbocycles. The van der Waals surface area contributed by atoms with Crippen LogP contribution in [0.1, 0.15) is 17.3 Å². The number of benzene rings is 2. The van der Waals surface area contributed by atoms with Crippen molar-refractivity contribution in [1.82, 2.24) is 10.4 Å². The van der Waals surface area contributed by atoms with Crippen molar-refractivity contribution in [2.75, 3.05) is 10.4 Å². The standard InChI is InChI=1S/C21H16ClN5O2S/c1-12-19(25-24-17-5-3-4-15(10-17)13(2)28)20(29)27(26-12)21-23-18(11-30-21)14-6-8-16(22)9-7-14/h3-11,24,26H,1H2,2H3/b25-19-. The predicted molar refractivity (Wildman–Crippen MR) is 120 cm³/mol. The Bertz CT molecular complexity index is 1190. The number of anilines is 2. The van der Waals surface area contributed by atoms with Gasteiger partial charge in [-0.25, -0.2) is 4.98 Å². The number of carbonyl (C=O) groups excluding carboxylic acids is 2. The number of thiazole rings is 1. The molecule has 9 heteroatoms. The zero-order valence-electron chi connectivity index (χ0n) is 15.8. The fraction of sp³-hybridized carbons (Fsp3) is 0.0476. The van der Waals surface area contributed by atoms with Gasteiger partial charge in [-0.3, -0.25) is 20.4 Å². The second-order valence-electron chi connectivity index (χ2n) is 6.46. The number of amides is 1. The maximum absolute atomic E-state index is 12.8. The molecule has 0 spiro atoms. The molecule has 0 aliphatic carbocycles. The van der Waals surface area contributed by atoms with Crippen molar-refractivity contribution in [3.63, 3.8) is 0 Å². The van der Waals surface area contributed by atoms with E-state index >= 15 is 0 Å². The summed E-state index contributed by atoms with van der Waals surface area (Å²) >= 11 is 7.25. The van der Waals surface area contributed by atoms with Gasteiger partial charge in [-0.2, -0.15) is 10.1 Å². The highest BCUT2D eigenvalue weighted by atomic mass is 35.5. The number of hydrogen-bond donors (Lipinski definition) is 2. The molecule has 1 aromatic heterocycles. The van der Waals surface area contributed by atoms with E-state index in [9.17, 15) is 9.59 Å². The van der Waals surface area contributed by atoms with E-state index in [0.717, 1.165) is 11.3 Å². The third-order valence-electron chi connectivity index (χ3n) is 4.33. The first kappa shape index (κ1) is 19.8. The van der Waals surface area contributed by atoms with Crippen LogP contribution in [0.5, 0.6) is 0 Å². The quantitative estimate of drug-likeness (QED) is 0.453. The molecule has 0 bridgehead atoms. The van der Waals surface area contributed by atoms with Crippen molar-refractivity contribution in [1.29, 1.82) is 0 Å². The molecule has 0 atom stereocenters. The molecule has 2 N–H and O–H groups in total. The van der Waals surface area contributed by atoms with Gasteiger partial charge in [0, 0.05) is 21.5 Å². The molecule has 4 rings (SSSR count). The lowest BCUT2D eigenvalue weighted by Crippen LogP contribution is -2.34. The van der Waals surface area contributed by atoms with Crippen molar-refractivity contribution in [2.45, 2.75) is 6.92 Å². The van der Waals surface area contributed by atoms with Gasteiger partial charge in [0.2, 0.25) is 5.13 Å². The maximum atomic E-state index is 12.8. The van der Waals surface area contributed by atoms with E-state index in [-0.39, 0.29) is 17.4 Å². The van der Waals surface area contributed by atoms with Crippen LogP contribution in [0, 0.1) is 0 Å². The summed E-state index contributed by atoms with van der Waals surface area (Å²) in [7, 11) is 0. The number of carbonyl (C=O) groups is 2. The Kier molecular flexibility index (Phi) is 5.35. The first-order valence-electron chi connectivity index (χ1n) is 8.89. The summed E-state index contributed by atoms with van der Waals surface area (Å²) in [6, 6.07) is 14.2. The van der Waals surface area contributed by atoms with Crippen LogP contribution in [0.2, 0.25) is 5.02 Å². The van der Waals surface area contributed by atoms with E-state index in [1.807, 2.05) is 17.5 Å². The van der Waals surface area contributed by atoms with Crippen LogP contribution in [0.4, 0.5) is 10.8 Å². The summed E-state index contributed by atoms with van der Waals surface area (Å²) in [5.74, 6) is -0.437. The predicted octanol–water partition coefficient (Wildman–Crippen LogP) is 4.50. The van der Waals surface area contributed by atoms with Gasteiger partial charge in [0.25, 0.3) is 0 Å². The number of hydrogen-bond acceptors (Lipinski definition) is 7. The van der Waals surface area contributed by atoms with Crippen molar-refractivity contribution < 1.29 is 9.59 Å². The molecule has 1 fully saturated rings. The van der Waals surface area contributed by atoms with Crippen LogP contribution in [-0.4, -0.2) is 22.4 Å². The molecule has 0 saturated carbocycles. The van der Waals surface area contributed by atoms with Crippen LogP contribution in [0.3, 0.4) is 0 Å². The number of halogens is 1. The molecule has 1 amide bonds. The number of rotatable bonds is 5. The van der Waals surface area contributed by atoms with Crippen molar-refractivity contribution in [3.8, 4) is 11.3 Å². The average Bonchev–Trinajstić information content (AvgIpc) is 3.32. The molecule has 1 aliphatic rings. The number of Topliss-reactive ketones (excluding diaryl/α,β-unsaturated/α-hetero) is 1. The Morgan fingerprint density at radius 2 is 2.03 bits per heavy atom. The van der Waals surface area contributed by atoms with E-state index in [0.29, 0.717) is 27.1 Å². The Balaban J connectivity index is 1.53. The third-order valence-corrected chi connectivity index (χ3v) is 5.41. The molecule has 1 aliphatic heterocycles. The largest absolute Gasteiger partial charge is 0.301 e. The molecule has 150 valence electrons. The summed E-state index contributed by atoms with van der Waals surface area (Å²) in [5.41, 5.74) is 8.96. The van der Waals surface area contributed by atoms with Crippen LogP contribution >= 0.6 is 22.9 Å². The molecular weight excluding hydrogens is 422 g/mol. The lowest BCUT2D eigenvalue weighted by atomic mass is 10.1. The number of nitrogens with zero attached hydrogens (tertiary/aromatic N) is 3. The molecule has 30 heavy (non-hydrogen) atoms. The Morgan fingerprint density at radius 1 is 1.27 bits per heavy atom. The van der Waals surface area contributed by atoms with Crippen LogP contribution in [-0.2, 0) is 4.79 Å². The van der Waals surface area contributed by atoms with E-state index in [1.165, 1.54) is 23.3 Å². The highest BCUT2D eigenvalue weighted by Crippen LogP contribution is 2.29. The smallest absolute Gasteiger partial charge is 0.295 e. The second-order valence-corrected chi connectivity index (χ2v) is 7.74. The second kappa shape index (κ2) is 8.10. The normalized spacial score (nSPS) is 14.9. The summed E-state index contributed by atoms with van der Waals surface area (Å²) in [4.78, 5) is 28.9. The first-order chi connectivity index (χ1) is 14.4. The number of hydrazine groups is 1. The highest BCUT2D eigenvalue weighted by Gasteiger charge is 2.34. The first-order valence-corrected chi connectivity index (χ1v) is 10.1. The third kappa shape index (κ3) is 3.96. The average molecular weight is 438 g/mol. The summed E-state index contributed by atoms with van der Waals surface area (Å²) in [6.45, 7) is 5.35. The van der Waals surface area contributed by atoms with Crippen molar-refractivity contribution in [3.05, 3.63) is 76.8 Å². The Morgan fingerprint density at radius 3 is 2.77 bits per heavy atom. The zero-order chi connectivity index (χ0) is 21.3. The van der Waals surface area contributed by atoms with E-state index in [1.54, 1.807) is 36.4 Å². The molecule has 7 nitrogen and oxygen atoms in total. The van der Waals surface area contributed by atoms with Gasteiger partial charge in [-0.05, 0) is 31.2 Å². The van der Waals surface area contributed by atoms with Crippen molar-refractivity contribution >= 4 is 51.2 Å². The minimum Gasteiger partial charge on any atom is -0.295 e. The van der Waals surface area contributed by atoms with Gasteiger partial charge in [-0.1, -0.05) is 42.4 Å². The minimum absolute atomic E-state index is 0.0549.